The molecule has 100 valence electrons. The van der Waals surface area contributed by atoms with E-state index in [4.69, 9.17) is 16.3 Å². The van der Waals surface area contributed by atoms with Gasteiger partial charge in [0, 0.05) is 12.6 Å². The van der Waals surface area contributed by atoms with Crippen LogP contribution in [0.2, 0.25) is 5.28 Å². The lowest BCUT2D eigenvalue weighted by Crippen LogP contribution is -2.04. The lowest BCUT2D eigenvalue weighted by atomic mass is 10.3. The maximum absolute atomic E-state index is 13.0. The Bertz CT molecular complexity index is 597. The van der Waals surface area contributed by atoms with Crippen molar-refractivity contribution >= 4 is 17.5 Å². The third-order valence-corrected chi connectivity index (χ3v) is 2.19. The first-order chi connectivity index (χ1) is 9.08. The number of nitrogens with one attached hydrogen (secondary N) is 1. The van der Waals surface area contributed by atoms with E-state index in [-0.39, 0.29) is 23.0 Å². The summed E-state index contributed by atoms with van der Waals surface area (Å²) in [5.74, 6) is -1.69. The number of benzene rings is 1. The van der Waals surface area contributed by atoms with Crippen molar-refractivity contribution in [2.75, 3.05) is 11.9 Å². The van der Waals surface area contributed by atoms with E-state index in [9.17, 15) is 8.78 Å². The molecule has 0 fully saturated rings. The van der Waals surface area contributed by atoms with Gasteiger partial charge in [0.05, 0.1) is 0 Å². The second kappa shape index (κ2) is 5.75. The molecule has 1 N–H and O–H groups in total. The first kappa shape index (κ1) is 13.4. The summed E-state index contributed by atoms with van der Waals surface area (Å²) >= 11 is 5.69. The van der Waals surface area contributed by atoms with Gasteiger partial charge in [0.15, 0.2) is 11.6 Å². The summed E-state index contributed by atoms with van der Waals surface area (Å²) in [6.07, 6.45) is 0. The van der Waals surface area contributed by atoms with Crippen LogP contribution in [0.1, 0.15) is 6.92 Å². The predicted molar refractivity (Wildman–Crippen MR) is 65.4 cm³/mol. The number of ether oxygens (including phenoxy) is 1. The van der Waals surface area contributed by atoms with Gasteiger partial charge in [0.1, 0.15) is 5.75 Å². The topological polar surface area (TPSA) is 59.9 Å². The van der Waals surface area contributed by atoms with Crippen LogP contribution in [-0.2, 0) is 0 Å². The normalized spacial score (nSPS) is 10.3. The largest absolute Gasteiger partial charge is 0.424 e. The van der Waals surface area contributed by atoms with E-state index in [1.807, 2.05) is 6.92 Å². The zero-order chi connectivity index (χ0) is 13.8. The molecule has 0 saturated heterocycles. The van der Waals surface area contributed by atoms with Crippen molar-refractivity contribution in [3.63, 3.8) is 0 Å². The Morgan fingerprint density at radius 1 is 1.21 bits per heavy atom. The molecule has 8 heteroatoms. The summed E-state index contributed by atoms with van der Waals surface area (Å²) < 4.78 is 31.0. The van der Waals surface area contributed by atoms with Gasteiger partial charge in [-0.05, 0) is 30.7 Å². The van der Waals surface area contributed by atoms with Gasteiger partial charge >= 0.3 is 6.01 Å². The number of hydrogen-bond donors (Lipinski definition) is 1. The molecular formula is C11H9ClF2N4O. The Labute approximate surface area is 112 Å². The first-order valence-electron chi connectivity index (χ1n) is 5.37. The molecule has 1 aromatic heterocycles. The fourth-order valence-corrected chi connectivity index (χ4v) is 1.41. The molecule has 0 unspecified atom stereocenters. The average molecular weight is 287 g/mol. The van der Waals surface area contributed by atoms with Gasteiger partial charge in [-0.15, -0.1) is 0 Å². The van der Waals surface area contributed by atoms with Crippen molar-refractivity contribution in [3.05, 3.63) is 35.1 Å². The molecule has 1 aromatic carbocycles. The van der Waals surface area contributed by atoms with Gasteiger partial charge in [0.25, 0.3) is 0 Å². The zero-order valence-corrected chi connectivity index (χ0v) is 10.6. The summed E-state index contributed by atoms with van der Waals surface area (Å²) in [6.45, 7) is 2.44. The molecule has 0 saturated carbocycles. The minimum atomic E-state index is -1.02. The van der Waals surface area contributed by atoms with Crippen molar-refractivity contribution in [2.24, 2.45) is 0 Å². The number of anilines is 1. The smallest absolute Gasteiger partial charge is 0.328 e. The highest BCUT2D eigenvalue weighted by Gasteiger charge is 2.09. The lowest BCUT2D eigenvalue weighted by Gasteiger charge is -2.06. The number of aromatic nitrogens is 3. The fourth-order valence-electron chi connectivity index (χ4n) is 1.26. The van der Waals surface area contributed by atoms with E-state index >= 15 is 0 Å². The van der Waals surface area contributed by atoms with E-state index in [1.54, 1.807) is 0 Å². The summed E-state index contributed by atoms with van der Waals surface area (Å²) in [4.78, 5) is 11.5. The quantitative estimate of drug-likeness (QED) is 0.936. The monoisotopic (exact) mass is 286 g/mol. The van der Waals surface area contributed by atoms with Crippen LogP contribution in [0, 0.1) is 11.6 Å². The van der Waals surface area contributed by atoms with Crippen molar-refractivity contribution in [3.8, 4) is 11.8 Å². The van der Waals surface area contributed by atoms with Gasteiger partial charge in [0.2, 0.25) is 11.2 Å². The molecule has 2 rings (SSSR count). The van der Waals surface area contributed by atoms with Crippen LogP contribution < -0.4 is 10.1 Å². The highest BCUT2D eigenvalue weighted by atomic mass is 35.5. The van der Waals surface area contributed by atoms with E-state index in [0.717, 1.165) is 12.1 Å². The Hall–Kier alpha value is -2.02. The Morgan fingerprint density at radius 2 is 2.00 bits per heavy atom. The molecule has 5 nitrogen and oxygen atoms in total. The molecule has 0 radical (unpaired) electrons. The minimum absolute atomic E-state index is 0.0589. The second-order valence-electron chi connectivity index (χ2n) is 3.42. The Kier molecular flexibility index (Phi) is 4.06. The van der Waals surface area contributed by atoms with E-state index < -0.39 is 11.6 Å². The second-order valence-corrected chi connectivity index (χ2v) is 3.76. The van der Waals surface area contributed by atoms with Crippen molar-refractivity contribution < 1.29 is 13.5 Å². The van der Waals surface area contributed by atoms with Crippen LogP contribution in [0.5, 0.6) is 11.8 Å². The third kappa shape index (κ3) is 3.47. The summed E-state index contributed by atoms with van der Waals surface area (Å²) in [7, 11) is 0. The summed E-state index contributed by atoms with van der Waals surface area (Å²) in [5.41, 5.74) is 0. The maximum Gasteiger partial charge on any atom is 0.328 e. The third-order valence-electron chi connectivity index (χ3n) is 2.02. The number of nitrogens with zero attached hydrogens (tertiary/aromatic N) is 3. The minimum Gasteiger partial charge on any atom is -0.424 e. The molecular weight excluding hydrogens is 278 g/mol. The van der Waals surface area contributed by atoms with Gasteiger partial charge in [-0.25, -0.2) is 8.78 Å². The highest BCUT2D eigenvalue weighted by Crippen LogP contribution is 2.21. The molecule has 0 atom stereocenters. The van der Waals surface area contributed by atoms with Crippen LogP contribution in [0.4, 0.5) is 14.7 Å². The summed E-state index contributed by atoms with van der Waals surface area (Å²) in [6, 6.07) is 2.98. The van der Waals surface area contributed by atoms with Crippen molar-refractivity contribution in [1.82, 2.24) is 15.0 Å². The van der Waals surface area contributed by atoms with Crippen molar-refractivity contribution in [1.29, 1.82) is 0 Å². The predicted octanol–water partition coefficient (Wildman–Crippen LogP) is 3.03. The van der Waals surface area contributed by atoms with Crippen LogP contribution in [0.25, 0.3) is 0 Å². The van der Waals surface area contributed by atoms with E-state index in [1.165, 1.54) is 6.07 Å². The Morgan fingerprint density at radius 3 is 2.68 bits per heavy atom. The molecule has 0 aliphatic heterocycles. The van der Waals surface area contributed by atoms with Gasteiger partial charge < -0.3 is 10.1 Å². The molecule has 19 heavy (non-hydrogen) atoms. The molecule has 0 aliphatic carbocycles. The molecule has 2 aromatic rings. The average Bonchev–Trinajstić information content (AvgIpc) is 2.33. The Balaban J connectivity index is 2.24. The number of halogens is 3. The number of hydrogen-bond acceptors (Lipinski definition) is 5. The molecule has 1 heterocycles. The maximum atomic E-state index is 13.0. The number of rotatable bonds is 4. The standard InChI is InChI=1S/C11H9ClF2N4O/c1-2-15-10-16-9(12)17-11(18-10)19-6-3-4-7(13)8(14)5-6/h3-5H,2H2,1H3,(H,15,16,17,18). The van der Waals surface area contributed by atoms with Crippen molar-refractivity contribution in [2.45, 2.75) is 6.92 Å². The van der Waals surface area contributed by atoms with Crippen LogP contribution in [0.3, 0.4) is 0 Å². The van der Waals surface area contributed by atoms with Gasteiger partial charge in [-0.2, -0.15) is 15.0 Å². The van der Waals surface area contributed by atoms with Crippen LogP contribution in [-0.4, -0.2) is 21.5 Å². The first-order valence-corrected chi connectivity index (χ1v) is 5.74. The lowest BCUT2D eigenvalue weighted by molar-refractivity contribution is 0.429. The zero-order valence-electron chi connectivity index (χ0n) is 9.82. The van der Waals surface area contributed by atoms with Crippen LogP contribution in [0.15, 0.2) is 18.2 Å². The fraction of sp³-hybridized carbons (Fsp3) is 0.182. The van der Waals surface area contributed by atoms with Gasteiger partial charge in [-0.3, -0.25) is 0 Å². The highest BCUT2D eigenvalue weighted by molar-refractivity contribution is 6.28. The van der Waals surface area contributed by atoms with Gasteiger partial charge in [-0.1, -0.05) is 0 Å². The van der Waals surface area contributed by atoms with E-state index in [2.05, 4.69) is 20.3 Å². The molecule has 0 bridgehead atoms. The van der Waals surface area contributed by atoms with E-state index in [0.29, 0.717) is 6.54 Å². The molecule has 0 aliphatic rings. The summed E-state index contributed by atoms with van der Waals surface area (Å²) in [5, 5.41) is 2.77. The van der Waals surface area contributed by atoms with Crippen LogP contribution >= 0.6 is 11.6 Å². The molecule has 0 amide bonds. The SMILES string of the molecule is CCNc1nc(Cl)nc(Oc2ccc(F)c(F)c2)n1. The molecule has 0 spiro atoms.